The molecule has 2 amide bonds. The van der Waals surface area contributed by atoms with E-state index in [0.717, 1.165) is 24.2 Å². The number of hydrogen-bond donors (Lipinski definition) is 2. The summed E-state index contributed by atoms with van der Waals surface area (Å²) in [5.41, 5.74) is 3.14. The van der Waals surface area contributed by atoms with Crippen LogP contribution in [-0.4, -0.2) is 37.8 Å². The molecule has 0 saturated heterocycles. The molecule has 6 heteroatoms. The Kier molecular flexibility index (Phi) is 7.51. The second-order valence-electron chi connectivity index (χ2n) is 6.74. The van der Waals surface area contributed by atoms with E-state index < -0.39 is 0 Å². The molecule has 3 rings (SSSR count). The summed E-state index contributed by atoms with van der Waals surface area (Å²) >= 11 is 1.38. The van der Waals surface area contributed by atoms with Gasteiger partial charge in [0.05, 0.1) is 24.0 Å². The van der Waals surface area contributed by atoms with Crippen molar-refractivity contribution in [3.8, 4) is 0 Å². The Hall–Kier alpha value is -2.31. The van der Waals surface area contributed by atoms with Crippen LogP contribution in [0.1, 0.15) is 40.4 Å². The summed E-state index contributed by atoms with van der Waals surface area (Å²) in [6.45, 7) is 0.970. The number of ether oxygens (including phenoxy) is 1. The zero-order valence-electron chi connectivity index (χ0n) is 16.1. The van der Waals surface area contributed by atoms with E-state index in [0.29, 0.717) is 18.7 Å². The lowest BCUT2D eigenvalue weighted by Crippen LogP contribution is -2.31. The molecule has 0 saturated carbocycles. The lowest BCUT2D eigenvalue weighted by molar-refractivity contribution is -0.118. The smallest absolute Gasteiger partial charge is 0.252 e. The average molecular weight is 399 g/mol. The molecule has 1 aliphatic carbocycles. The van der Waals surface area contributed by atoms with E-state index in [-0.39, 0.29) is 23.6 Å². The molecular formula is C22H26N2O3S. The first-order valence-electron chi connectivity index (χ1n) is 9.55. The Morgan fingerprint density at radius 3 is 2.79 bits per heavy atom. The molecule has 148 valence electrons. The molecule has 0 fully saturated rings. The van der Waals surface area contributed by atoms with E-state index in [1.165, 1.54) is 22.9 Å². The average Bonchev–Trinajstić information content (AvgIpc) is 2.73. The van der Waals surface area contributed by atoms with E-state index in [1.807, 2.05) is 36.4 Å². The number of amides is 2. The molecule has 2 aromatic rings. The molecule has 2 aromatic carbocycles. The second kappa shape index (κ2) is 10.3. The van der Waals surface area contributed by atoms with Crippen LogP contribution in [0.5, 0.6) is 0 Å². The number of benzene rings is 2. The number of aryl methyl sites for hydroxylation is 1. The largest absolute Gasteiger partial charge is 0.383 e. The Labute approximate surface area is 170 Å². The van der Waals surface area contributed by atoms with Gasteiger partial charge in [-0.2, -0.15) is 0 Å². The van der Waals surface area contributed by atoms with Crippen LogP contribution in [0, 0.1) is 0 Å². The molecule has 0 aliphatic heterocycles. The minimum absolute atomic E-state index is 0.0350. The van der Waals surface area contributed by atoms with Crippen LogP contribution in [0.25, 0.3) is 0 Å². The molecular weight excluding hydrogens is 372 g/mol. The first-order valence-corrected chi connectivity index (χ1v) is 10.5. The van der Waals surface area contributed by atoms with E-state index in [1.54, 1.807) is 7.11 Å². The van der Waals surface area contributed by atoms with Crippen molar-refractivity contribution in [2.24, 2.45) is 0 Å². The van der Waals surface area contributed by atoms with Crippen LogP contribution in [0.15, 0.2) is 53.4 Å². The van der Waals surface area contributed by atoms with E-state index in [9.17, 15) is 9.59 Å². The van der Waals surface area contributed by atoms with Gasteiger partial charge in [-0.3, -0.25) is 9.59 Å². The third-order valence-electron chi connectivity index (χ3n) is 4.79. The monoisotopic (exact) mass is 398 g/mol. The number of carbonyl (C=O) groups excluding carboxylic acids is 2. The summed E-state index contributed by atoms with van der Waals surface area (Å²) in [6.07, 6.45) is 3.08. The molecule has 1 atom stereocenters. The van der Waals surface area contributed by atoms with Gasteiger partial charge in [0.15, 0.2) is 0 Å². The van der Waals surface area contributed by atoms with Crippen molar-refractivity contribution in [1.29, 1.82) is 0 Å². The third kappa shape index (κ3) is 5.36. The van der Waals surface area contributed by atoms with Crippen LogP contribution >= 0.6 is 11.8 Å². The van der Waals surface area contributed by atoms with Gasteiger partial charge in [0.25, 0.3) is 5.91 Å². The first kappa shape index (κ1) is 20.4. The summed E-state index contributed by atoms with van der Waals surface area (Å²) in [4.78, 5) is 25.7. The molecule has 0 radical (unpaired) electrons. The normalized spacial score (nSPS) is 15.5. The first-order chi connectivity index (χ1) is 13.7. The molecule has 0 heterocycles. The zero-order chi connectivity index (χ0) is 19.8. The van der Waals surface area contributed by atoms with Crippen LogP contribution < -0.4 is 10.6 Å². The number of methoxy groups -OCH3 is 1. The fourth-order valence-electron chi connectivity index (χ4n) is 3.41. The van der Waals surface area contributed by atoms with Gasteiger partial charge in [-0.25, -0.2) is 0 Å². The van der Waals surface area contributed by atoms with E-state index in [2.05, 4.69) is 22.8 Å². The number of hydrogen-bond acceptors (Lipinski definition) is 4. The summed E-state index contributed by atoms with van der Waals surface area (Å²) in [6, 6.07) is 15.8. The highest BCUT2D eigenvalue weighted by atomic mass is 32.2. The van der Waals surface area contributed by atoms with Gasteiger partial charge in [-0.15, -0.1) is 11.8 Å². The number of thioether (sulfide) groups is 1. The van der Waals surface area contributed by atoms with Crippen LogP contribution in [0.2, 0.25) is 0 Å². The molecule has 0 aromatic heterocycles. The van der Waals surface area contributed by atoms with Gasteiger partial charge in [0.2, 0.25) is 5.91 Å². The molecule has 2 N–H and O–H groups in total. The molecule has 5 nitrogen and oxygen atoms in total. The quantitative estimate of drug-likeness (QED) is 0.529. The Bertz CT molecular complexity index is 825. The van der Waals surface area contributed by atoms with Crippen molar-refractivity contribution in [3.63, 3.8) is 0 Å². The topological polar surface area (TPSA) is 67.4 Å². The Morgan fingerprint density at radius 1 is 1.14 bits per heavy atom. The van der Waals surface area contributed by atoms with Crippen molar-refractivity contribution in [3.05, 3.63) is 65.2 Å². The predicted molar refractivity (Wildman–Crippen MR) is 112 cm³/mol. The molecule has 0 bridgehead atoms. The van der Waals surface area contributed by atoms with E-state index >= 15 is 0 Å². The molecule has 0 unspecified atom stereocenters. The van der Waals surface area contributed by atoms with Crippen LogP contribution in [0.3, 0.4) is 0 Å². The van der Waals surface area contributed by atoms with Gasteiger partial charge in [0.1, 0.15) is 0 Å². The number of fused-ring (bicyclic) bond motifs is 1. The van der Waals surface area contributed by atoms with Crippen molar-refractivity contribution in [1.82, 2.24) is 10.6 Å². The predicted octanol–water partition coefficient (Wildman–Crippen LogP) is 3.35. The zero-order valence-corrected chi connectivity index (χ0v) is 16.9. The Balaban J connectivity index is 1.64. The number of rotatable bonds is 8. The van der Waals surface area contributed by atoms with Crippen molar-refractivity contribution >= 4 is 23.6 Å². The van der Waals surface area contributed by atoms with Crippen molar-refractivity contribution in [2.45, 2.75) is 30.2 Å². The minimum Gasteiger partial charge on any atom is -0.383 e. The van der Waals surface area contributed by atoms with Gasteiger partial charge < -0.3 is 15.4 Å². The molecule has 1 aliphatic rings. The third-order valence-corrected chi connectivity index (χ3v) is 5.87. The van der Waals surface area contributed by atoms with Crippen molar-refractivity contribution < 1.29 is 14.3 Å². The molecule has 0 spiro atoms. The fourth-order valence-corrected chi connectivity index (χ4v) is 4.29. The summed E-state index contributed by atoms with van der Waals surface area (Å²) in [7, 11) is 1.60. The minimum atomic E-state index is -0.0930. The number of carbonyl (C=O) groups is 2. The lowest BCUT2D eigenvalue weighted by Gasteiger charge is -2.26. The van der Waals surface area contributed by atoms with Gasteiger partial charge >= 0.3 is 0 Å². The molecule has 28 heavy (non-hydrogen) atoms. The fraction of sp³-hybridized carbons (Fsp3) is 0.364. The second-order valence-corrected chi connectivity index (χ2v) is 7.76. The highest BCUT2D eigenvalue weighted by Crippen LogP contribution is 2.30. The summed E-state index contributed by atoms with van der Waals surface area (Å²) in [5, 5.41) is 5.99. The van der Waals surface area contributed by atoms with Gasteiger partial charge in [-0.05, 0) is 42.5 Å². The van der Waals surface area contributed by atoms with Crippen molar-refractivity contribution in [2.75, 3.05) is 26.0 Å². The lowest BCUT2D eigenvalue weighted by atomic mass is 9.87. The maximum Gasteiger partial charge on any atom is 0.252 e. The van der Waals surface area contributed by atoms with E-state index in [4.69, 9.17) is 4.74 Å². The summed E-state index contributed by atoms with van der Waals surface area (Å²) in [5.74, 6) is 0.100. The maximum atomic E-state index is 13.0. The Morgan fingerprint density at radius 2 is 1.93 bits per heavy atom. The maximum absolute atomic E-state index is 13.0. The standard InChI is InChI=1S/C22H26N2O3S/c1-27-14-13-23-21(25)15-28-20-12-5-4-10-18(20)22(26)24-19-11-6-8-16-7-2-3-9-17(16)19/h2-5,7,9-10,12,19H,6,8,11,13-15H2,1H3,(H,23,25)(H,24,26)/t19-/m1/s1. The van der Waals surface area contributed by atoms with Gasteiger partial charge in [0, 0.05) is 18.6 Å². The van der Waals surface area contributed by atoms with Gasteiger partial charge in [-0.1, -0.05) is 36.4 Å². The SMILES string of the molecule is COCCNC(=O)CSc1ccccc1C(=O)N[C@@H]1CCCc2ccccc21. The van der Waals surface area contributed by atoms with Crippen LogP contribution in [-0.2, 0) is 16.0 Å². The highest BCUT2D eigenvalue weighted by Gasteiger charge is 2.23. The number of nitrogens with one attached hydrogen (secondary N) is 2. The summed E-state index contributed by atoms with van der Waals surface area (Å²) < 4.78 is 4.93. The van der Waals surface area contributed by atoms with Crippen LogP contribution in [0.4, 0.5) is 0 Å². The highest BCUT2D eigenvalue weighted by molar-refractivity contribution is 8.00.